The second kappa shape index (κ2) is 4.34. The van der Waals surface area contributed by atoms with Crippen LogP contribution in [0.3, 0.4) is 0 Å². The normalized spacial score (nSPS) is 32.9. The van der Waals surface area contributed by atoms with Crippen LogP contribution in [0.2, 0.25) is 0 Å². The number of carbonyl (C=O) groups excluding carboxylic acids is 1. The highest BCUT2D eigenvalue weighted by atomic mass is 16.3. The van der Waals surface area contributed by atoms with Crippen molar-refractivity contribution >= 4 is 5.91 Å². The number of hydrogen-bond donors (Lipinski definition) is 3. The van der Waals surface area contributed by atoms with Crippen LogP contribution in [0.5, 0.6) is 0 Å². The van der Waals surface area contributed by atoms with Crippen molar-refractivity contribution in [2.75, 3.05) is 19.7 Å². The minimum Gasteiger partial charge on any atom is -0.394 e. The van der Waals surface area contributed by atoms with Crippen molar-refractivity contribution in [2.24, 2.45) is 5.41 Å². The lowest BCUT2D eigenvalue weighted by Gasteiger charge is -2.32. The van der Waals surface area contributed by atoms with Gasteiger partial charge in [0.1, 0.15) is 0 Å². The molecule has 1 atom stereocenters. The zero-order chi connectivity index (χ0) is 11.6. The van der Waals surface area contributed by atoms with E-state index >= 15 is 0 Å². The van der Waals surface area contributed by atoms with Crippen molar-refractivity contribution in [2.45, 2.75) is 44.6 Å². The highest BCUT2D eigenvalue weighted by molar-refractivity contribution is 5.83. The molecule has 2 fully saturated rings. The first-order chi connectivity index (χ1) is 7.60. The third-order valence-corrected chi connectivity index (χ3v) is 4.16. The van der Waals surface area contributed by atoms with Gasteiger partial charge in [-0.25, -0.2) is 0 Å². The van der Waals surface area contributed by atoms with Crippen LogP contribution < -0.4 is 10.6 Å². The molecule has 0 aromatic heterocycles. The van der Waals surface area contributed by atoms with Gasteiger partial charge < -0.3 is 15.7 Å². The topological polar surface area (TPSA) is 61.4 Å². The molecule has 3 N–H and O–H groups in total. The molecule has 16 heavy (non-hydrogen) atoms. The highest BCUT2D eigenvalue weighted by Gasteiger charge is 2.42. The first kappa shape index (κ1) is 11.9. The summed E-state index contributed by atoms with van der Waals surface area (Å²) in [5.74, 6) is 0.105. The maximum Gasteiger partial charge on any atom is 0.227 e. The lowest BCUT2D eigenvalue weighted by atomic mass is 9.86. The van der Waals surface area contributed by atoms with Gasteiger partial charge in [-0.1, -0.05) is 12.8 Å². The van der Waals surface area contributed by atoms with Gasteiger partial charge in [-0.3, -0.25) is 4.79 Å². The van der Waals surface area contributed by atoms with Crippen LogP contribution in [0.15, 0.2) is 0 Å². The Labute approximate surface area is 96.8 Å². The molecule has 1 saturated heterocycles. The van der Waals surface area contributed by atoms with E-state index < -0.39 is 0 Å². The van der Waals surface area contributed by atoms with Gasteiger partial charge in [0, 0.05) is 6.54 Å². The Balaban J connectivity index is 2.00. The number of rotatable bonds is 3. The summed E-state index contributed by atoms with van der Waals surface area (Å²) in [6.07, 6.45) is 4.93. The van der Waals surface area contributed by atoms with E-state index in [1.165, 1.54) is 0 Å². The van der Waals surface area contributed by atoms with Gasteiger partial charge in [0.2, 0.25) is 5.91 Å². The first-order valence-electron chi connectivity index (χ1n) is 6.25. The summed E-state index contributed by atoms with van der Waals surface area (Å²) >= 11 is 0. The van der Waals surface area contributed by atoms with Crippen molar-refractivity contribution in [1.82, 2.24) is 10.6 Å². The number of aliphatic hydroxyl groups is 1. The van der Waals surface area contributed by atoms with E-state index in [0.29, 0.717) is 0 Å². The zero-order valence-corrected chi connectivity index (χ0v) is 10.0. The number of aliphatic hydroxyl groups excluding tert-OH is 1. The molecule has 0 bridgehead atoms. The molecule has 4 heteroatoms. The van der Waals surface area contributed by atoms with Crippen molar-refractivity contribution in [3.63, 3.8) is 0 Å². The molecule has 2 rings (SSSR count). The lowest BCUT2D eigenvalue weighted by molar-refractivity contribution is -0.131. The third kappa shape index (κ3) is 2.09. The number of amides is 1. The zero-order valence-electron chi connectivity index (χ0n) is 10.0. The minimum absolute atomic E-state index is 0.0717. The van der Waals surface area contributed by atoms with Gasteiger partial charge in [0.15, 0.2) is 0 Å². The van der Waals surface area contributed by atoms with Crippen LogP contribution in [-0.2, 0) is 4.79 Å². The van der Waals surface area contributed by atoms with Crippen LogP contribution in [0, 0.1) is 5.41 Å². The fraction of sp³-hybridized carbons (Fsp3) is 0.917. The molecule has 92 valence electrons. The molecular weight excluding hydrogens is 204 g/mol. The van der Waals surface area contributed by atoms with E-state index in [0.717, 1.165) is 45.2 Å². The predicted molar refractivity (Wildman–Crippen MR) is 62.0 cm³/mol. The molecule has 1 aliphatic carbocycles. The molecule has 0 aromatic carbocycles. The molecule has 0 radical (unpaired) electrons. The van der Waals surface area contributed by atoms with Crippen LogP contribution in [-0.4, -0.2) is 36.2 Å². The quantitative estimate of drug-likeness (QED) is 0.653. The molecule has 2 aliphatic rings. The minimum atomic E-state index is -0.331. The molecule has 1 amide bonds. The van der Waals surface area contributed by atoms with E-state index in [9.17, 15) is 9.90 Å². The average Bonchev–Trinajstić information content (AvgIpc) is 2.89. The van der Waals surface area contributed by atoms with Gasteiger partial charge in [-0.15, -0.1) is 0 Å². The SMILES string of the molecule is CC1(C(=O)NC2(CO)CCCC2)CCNC1. The van der Waals surface area contributed by atoms with E-state index in [4.69, 9.17) is 0 Å². The summed E-state index contributed by atoms with van der Waals surface area (Å²) in [5.41, 5.74) is -0.618. The summed E-state index contributed by atoms with van der Waals surface area (Å²) in [7, 11) is 0. The lowest BCUT2D eigenvalue weighted by Crippen LogP contribution is -2.54. The number of nitrogens with one attached hydrogen (secondary N) is 2. The Morgan fingerprint density at radius 3 is 2.56 bits per heavy atom. The van der Waals surface area contributed by atoms with Crippen molar-refractivity contribution in [1.29, 1.82) is 0 Å². The molecule has 4 nitrogen and oxygen atoms in total. The summed E-state index contributed by atoms with van der Waals surface area (Å²) in [4.78, 5) is 12.2. The Hall–Kier alpha value is -0.610. The van der Waals surface area contributed by atoms with Crippen LogP contribution in [0.25, 0.3) is 0 Å². The molecule has 1 aliphatic heterocycles. The van der Waals surface area contributed by atoms with E-state index in [1.54, 1.807) is 0 Å². The van der Waals surface area contributed by atoms with E-state index in [1.807, 2.05) is 6.92 Å². The van der Waals surface area contributed by atoms with Crippen LogP contribution >= 0.6 is 0 Å². The smallest absolute Gasteiger partial charge is 0.227 e. The first-order valence-corrected chi connectivity index (χ1v) is 6.25. The largest absolute Gasteiger partial charge is 0.394 e. The monoisotopic (exact) mass is 226 g/mol. The molecule has 0 spiro atoms. The second-order valence-corrected chi connectivity index (χ2v) is 5.59. The fourth-order valence-corrected chi connectivity index (χ4v) is 2.78. The fourth-order valence-electron chi connectivity index (χ4n) is 2.78. The predicted octanol–water partition coefficient (Wildman–Crippen LogP) is 0.407. The average molecular weight is 226 g/mol. The van der Waals surface area contributed by atoms with Gasteiger partial charge in [0.05, 0.1) is 17.6 Å². The summed E-state index contributed by atoms with van der Waals surface area (Å²) < 4.78 is 0. The van der Waals surface area contributed by atoms with Gasteiger partial charge in [-0.2, -0.15) is 0 Å². The summed E-state index contributed by atoms with van der Waals surface area (Å²) in [6.45, 7) is 3.74. The molecule has 1 heterocycles. The molecule has 0 aromatic rings. The van der Waals surface area contributed by atoms with Crippen molar-refractivity contribution < 1.29 is 9.90 Å². The number of carbonyl (C=O) groups is 1. The third-order valence-electron chi connectivity index (χ3n) is 4.16. The Bertz CT molecular complexity index is 266. The van der Waals surface area contributed by atoms with Crippen LogP contribution in [0.1, 0.15) is 39.0 Å². The molecular formula is C12H22N2O2. The highest BCUT2D eigenvalue weighted by Crippen LogP contribution is 2.32. The van der Waals surface area contributed by atoms with Gasteiger partial charge in [-0.05, 0) is 32.7 Å². The Morgan fingerprint density at radius 2 is 2.06 bits per heavy atom. The summed E-state index contributed by atoms with van der Waals surface area (Å²) in [6, 6.07) is 0. The van der Waals surface area contributed by atoms with Crippen LogP contribution in [0.4, 0.5) is 0 Å². The van der Waals surface area contributed by atoms with E-state index in [2.05, 4.69) is 10.6 Å². The van der Waals surface area contributed by atoms with E-state index in [-0.39, 0.29) is 23.5 Å². The standard InChI is InChI=1S/C12H22N2O2/c1-11(6-7-13-8-11)10(16)14-12(9-15)4-2-3-5-12/h13,15H,2-9H2,1H3,(H,14,16). The molecule has 1 saturated carbocycles. The van der Waals surface area contributed by atoms with Gasteiger partial charge in [0.25, 0.3) is 0 Å². The number of hydrogen-bond acceptors (Lipinski definition) is 3. The maximum atomic E-state index is 12.2. The van der Waals surface area contributed by atoms with Crippen molar-refractivity contribution in [3.05, 3.63) is 0 Å². The summed E-state index contributed by atoms with van der Waals surface area (Å²) in [5, 5.41) is 15.8. The van der Waals surface area contributed by atoms with Crippen molar-refractivity contribution in [3.8, 4) is 0 Å². The maximum absolute atomic E-state index is 12.2. The Kier molecular flexibility index (Phi) is 3.22. The molecule has 1 unspecified atom stereocenters. The van der Waals surface area contributed by atoms with Gasteiger partial charge >= 0.3 is 0 Å². The second-order valence-electron chi connectivity index (χ2n) is 5.59. The Morgan fingerprint density at radius 1 is 1.38 bits per heavy atom.